The highest BCUT2D eigenvalue weighted by Crippen LogP contribution is 2.33. The van der Waals surface area contributed by atoms with Gasteiger partial charge in [-0.2, -0.15) is 13.2 Å². The van der Waals surface area contributed by atoms with Crippen LogP contribution in [0.4, 0.5) is 13.2 Å². The predicted octanol–water partition coefficient (Wildman–Crippen LogP) is 5.33. The molecule has 1 heterocycles. The van der Waals surface area contributed by atoms with E-state index in [9.17, 15) is 18.0 Å². The third kappa shape index (κ3) is 4.66. The van der Waals surface area contributed by atoms with E-state index in [2.05, 4.69) is 17.3 Å². The van der Waals surface area contributed by atoms with Crippen LogP contribution in [0.3, 0.4) is 0 Å². The van der Waals surface area contributed by atoms with Crippen LogP contribution in [0.25, 0.3) is 10.8 Å². The molecule has 3 aromatic carbocycles. The van der Waals surface area contributed by atoms with Crippen molar-refractivity contribution in [1.29, 1.82) is 0 Å². The molecule has 1 amide bonds. The number of amides is 1. The average molecular weight is 428 g/mol. The fraction of sp³-hybridized carbons (Fsp3) is 0.292. The number of benzene rings is 3. The first-order valence-electron chi connectivity index (χ1n) is 10.1. The monoisotopic (exact) mass is 428 g/mol. The molecule has 1 N–H and O–H groups in total. The zero-order chi connectivity index (χ0) is 22.2. The predicted molar refractivity (Wildman–Crippen MR) is 113 cm³/mol. The lowest BCUT2D eigenvalue weighted by molar-refractivity contribution is -0.137. The van der Waals surface area contributed by atoms with E-state index in [-0.39, 0.29) is 11.9 Å². The van der Waals surface area contributed by atoms with Gasteiger partial charge in [-0.15, -0.1) is 0 Å². The van der Waals surface area contributed by atoms with Gasteiger partial charge in [-0.05, 0) is 67.9 Å². The highest BCUT2D eigenvalue weighted by Gasteiger charge is 2.30. The third-order valence-electron chi connectivity index (χ3n) is 5.67. The Morgan fingerprint density at radius 1 is 1.10 bits per heavy atom. The van der Waals surface area contributed by atoms with Crippen molar-refractivity contribution in [2.45, 2.75) is 19.1 Å². The Bertz CT molecular complexity index is 1090. The van der Waals surface area contributed by atoms with Crippen LogP contribution < -0.4 is 10.1 Å². The van der Waals surface area contributed by atoms with Crippen LogP contribution in [-0.2, 0) is 6.18 Å². The minimum Gasteiger partial charge on any atom is -0.457 e. The summed E-state index contributed by atoms with van der Waals surface area (Å²) in [6.07, 6.45) is -4.39. The SMILES string of the molecule is CC(NC(=O)c1ccc2c(Oc3ccc(C(F)(F)F)cc3)cccc2c1)C1CN(C)C1. The third-order valence-corrected chi connectivity index (χ3v) is 5.67. The topological polar surface area (TPSA) is 41.6 Å². The molecule has 0 aliphatic carbocycles. The molecule has 0 aromatic heterocycles. The Balaban J connectivity index is 1.51. The van der Waals surface area contributed by atoms with Crippen molar-refractivity contribution in [1.82, 2.24) is 10.2 Å². The van der Waals surface area contributed by atoms with Crippen molar-refractivity contribution in [3.63, 3.8) is 0 Å². The molecule has 162 valence electrons. The van der Waals surface area contributed by atoms with E-state index in [1.54, 1.807) is 30.3 Å². The summed E-state index contributed by atoms with van der Waals surface area (Å²) in [6, 6.07) is 15.4. The maximum atomic E-state index is 12.7. The first-order chi connectivity index (χ1) is 14.7. The molecule has 1 fully saturated rings. The Morgan fingerprint density at radius 3 is 2.45 bits per heavy atom. The zero-order valence-electron chi connectivity index (χ0n) is 17.2. The molecule has 4 nitrogen and oxygen atoms in total. The number of likely N-dealkylation sites (tertiary alicyclic amines) is 1. The van der Waals surface area contributed by atoms with Crippen LogP contribution in [0.1, 0.15) is 22.8 Å². The maximum absolute atomic E-state index is 12.7. The largest absolute Gasteiger partial charge is 0.457 e. The van der Waals surface area contributed by atoms with Gasteiger partial charge in [-0.1, -0.05) is 12.1 Å². The van der Waals surface area contributed by atoms with Crippen molar-refractivity contribution >= 4 is 16.7 Å². The molecule has 1 saturated heterocycles. The van der Waals surface area contributed by atoms with Crippen LogP contribution >= 0.6 is 0 Å². The molecule has 0 bridgehead atoms. The summed E-state index contributed by atoms with van der Waals surface area (Å²) in [7, 11) is 2.05. The second-order valence-corrected chi connectivity index (χ2v) is 8.06. The number of carbonyl (C=O) groups is 1. The smallest absolute Gasteiger partial charge is 0.416 e. The molecule has 0 saturated carbocycles. The van der Waals surface area contributed by atoms with Gasteiger partial charge >= 0.3 is 6.18 Å². The summed E-state index contributed by atoms with van der Waals surface area (Å²) in [6.45, 7) is 3.97. The molecule has 3 aromatic rings. The summed E-state index contributed by atoms with van der Waals surface area (Å²) in [5.74, 6) is 1.15. The van der Waals surface area contributed by atoms with Crippen LogP contribution in [0.15, 0.2) is 60.7 Å². The Labute approximate surface area is 178 Å². The van der Waals surface area contributed by atoms with E-state index in [0.29, 0.717) is 23.0 Å². The Hall–Kier alpha value is -3.06. The number of nitrogens with one attached hydrogen (secondary N) is 1. The normalized spacial score (nSPS) is 16.0. The minimum absolute atomic E-state index is 0.0914. The van der Waals surface area contributed by atoms with Crippen LogP contribution in [0.2, 0.25) is 0 Å². The summed E-state index contributed by atoms with van der Waals surface area (Å²) in [4.78, 5) is 14.9. The van der Waals surface area contributed by atoms with Crippen molar-refractivity contribution in [2.24, 2.45) is 5.92 Å². The van der Waals surface area contributed by atoms with E-state index in [4.69, 9.17) is 4.74 Å². The molecule has 4 rings (SSSR count). The lowest BCUT2D eigenvalue weighted by Crippen LogP contribution is -2.53. The van der Waals surface area contributed by atoms with Crippen molar-refractivity contribution < 1.29 is 22.7 Å². The number of hydrogen-bond acceptors (Lipinski definition) is 3. The molecular formula is C24H23F3N2O2. The molecular weight excluding hydrogens is 405 g/mol. The summed E-state index contributed by atoms with van der Waals surface area (Å²) >= 11 is 0. The number of carbonyl (C=O) groups excluding carboxylic acids is 1. The molecule has 0 radical (unpaired) electrons. The van der Waals surface area contributed by atoms with Gasteiger partial charge in [0.25, 0.3) is 5.91 Å². The number of fused-ring (bicyclic) bond motifs is 1. The standard InChI is InChI=1S/C24H23F3N2O2/c1-15(18-13-29(2)14-18)28-23(30)17-6-11-21-16(12-17)4-3-5-22(21)31-20-9-7-19(8-10-20)24(25,26)27/h3-12,15,18H,13-14H2,1-2H3,(H,28,30). The lowest BCUT2D eigenvalue weighted by Gasteiger charge is -2.40. The molecule has 31 heavy (non-hydrogen) atoms. The molecule has 1 aliphatic heterocycles. The van der Waals surface area contributed by atoms with Crippen molar-refractivity contribution in [3.05, 3.63) is 71.8 Å². The number of rotatable bonds is 5. The van der Waals surface area contributed by atoms with Crippen LogP contribution in [0, 0.1) is 5.92 Å². The van der Waals surface area contributed by atoms with E-state index in [0.717, 1.165) is 36.0 Å². The van der Waals surface area contributed by atoms with Gasteiger partial charge in [0.15, 0.2) is 0 Å². The van der Waals surface area contributed by atoms with Gasteiger partial charge in [-0.3, -0.25) is 4.79 Å². The van der Waals surface area contributed by atoms with E-state index < -0.39 is 11.7 Å². The highest BCUT2D eigenvalue weighted by molar-refractivity contribution is 6.00. The number of hydrogen-bond donors (Lipinski definition) is 1. The zero-order valence-corrected chi connectivity index (χ0v) is 17.2. The first kappa shape index (κ1) is 21.2. The van der Waals surface area contributed by atoms with E-state index >= 15 is 0 Å². The van der Waals surface area contributed by atoms with Crippen molar-refractivity contribution in [3.8, 4) is 11.5 Å². The minimum atomic E-state index is -4.39. The molecule has 0 spiro atoms. The van der Waals surface area contributed by atoms with E-state index in [1.165, 1.54) is 12.1 Å². The average Bonchev–Trinajstić information content (AvgIpc) is 2.71. The second kappa shape index (κ2) is 8.23. The highest BCUT2D eigenvalue weighted by atomic mass is 19.4. The maximum Gasteiger partial charge on any atom is 0.416 e. The summed E-state index contributed by atoms with van der Waals surface area (Å²) < 4.78 is 44.1. The fourth-order valence-corrected chi connectivity index (χ4v) is 3.79. The van der Waals surface area contributed by atoms with Gasteiger partial charge in [-0.25, -0.2) is 0 Å². The van der Waals surface area contributed by atoms with Crippen molar-refractivity contribution in [2.75, 3.05) is 20.1 Å². The summed E-state index contributed by atoms with van der Waals surface area (Å²) in [5.41, 5.74) is -0.171. The molecule has 1 unspecified atom stereocenters. The lowest BCUT2D eigenvalue weighted by atomic mass is 9.93. The number of ether oxygens (including phenoxy) is 1. The van der Waals surface area contributed by atoms with Crippen LogP contribution in [0.5, 0.6) is 11.5 Å². The molecule has 1 atom stereocenters. The Morgan fingerprint density at radius 2 is 1.81 bits per heavy atom. The summed E-state index contributed by atoms with van der Waals surface area (Å²) in [5, 5.41) is 4.65. The van der Waals surface area contributed by atoms with Gasteiger partial charge < -0.3 is 15.0 Å². The number of halogens is 3. The Kier molecular flexibility index (Phi) is 5.62. The number of alkyl halides is 3. The molecule has 1 aliphatic rings. The van der Waals surface area contributed by atoms with Gasteiger partial charge in [0.1, 0.15) is 11.5 Å². The van der Waals surface area contributed by atoms with Gasteiger partial charge in [0.2, 0.25) is 0 Å². The fourth-order valence-electron chi connectivity index (χ4n) is 3.79. The first-order valence-corrected chi connectivity index (χ1v) is 10.1. The second-order valence-electron chi connectivity index (χ2n) is 8.06. The van der Waals surface area contributed by atoms with Gasteiger partial charge in [0, 0.05) is 36.0 Å². The van der Waals surface area contributed by atoms with Crippen LogP contribution in [-0.4, -0.2) is 37.0 Å². The quantitative estimate of drug-likeness (QED) is 0.597. The molecule has 7 heteroatoms. The van der Waals surface area contributed by atoms with Gasteiger partial charge in [0.05, 0.1) is 5.56 Å². The van der Waals surface area contributed by atoms with E-state index in [1.807, 2.05) is 13.0 Å². The number of nitrogens with zero attached hydrogens (tertiary/aromatic N) is 1.